The van der Waals surface area contributed by atoms with Crippen molar-refractivity contribution in [1.29, 1.82) is 0 Å². The Balaban J connectivity index is 1.71. The summed E-state index contributed by atoms with van der Waals surface area (Å²) in [4.78, 5) is 12.6. The summed E-state index contributed by atoms with van der Waals surface area (Å²) >= 11 is 7.16. The van der Waals surface area contributed by atoms with Crippen LogP contribution in [0.4, 0.5) is 5.69 Å². The van der Waals surface area contributed by atoms with Crippen LogP contribution in [0.25, 0.3) is 11.5 Å². The molecule has 3 aromatic rings. The molecule has 0 spiro atoms. The van der Waals surface area contributed by atoms with E-state index in [1.54, 1.807) is 6.92 Å². The van der Waals surface area contributed by atoms with Crippen molar-refractivity contribution < 1.29 is 17.6 Å². The summed E-state index contributed by atoms with van der Waals surface area (Å²) in [7, 11) is -0.935. The zero-order chi connectivity index (χ0) is 23.6. The van der Waals surface area contributed by atoms with Gasteiger partial charge in [0.15, 0.2) is 0 Å². The number of hydrogen-bond donors (Lipinski definition) is 1. The minimum atomic E-state index is -3.75. The van der Waals surface area contributed by atoms with Gasteiger partial charge in [0.2, 0.25) is 21.8 Å². The highest BCUT2D eigenvalue weighted by Crippen LogP contribution is 2.29. The van der Waals surface area contributed by atoms with Gasteiger partial charge in [0.05, 0.1) is 10.3 Å². The summed E-state index contributed by atoms with van der Waals surface area (Å²) < 4.78 is 31.6. The van der Waals surface area contributed by atoms with E-state index in [1.807, 2.05) is 32.0 Å². The average molecular weight is 495 g/mol. The van der Waals surface area contributed by atoms with Crippen molar-refractivity contribution in [3.8, 4) is 11.5 Å². The summed E-state index contributed by atoms with van der Waals surface area (Å²) in [5.41, 5.74) is 3.40. The van der Waals surface area contributed by atoms with E-state index in [0.717, 1.165) is 32.8 Å². The van der Waals surface area contributed by atoms with Crippen LogP contribution in [0.5, 0.6) is 0 Å². The number of sulfonamides is 1. The van der Waals surface area contributed by atoms with Gasteiger partial charge in [-0.1, -0.05) is 29.4 Å². The maximum Gasteiger partial charge on any atom is 0.277 e. The molecular weight excluding hydrogens is 472 g/mol. The lowest BCUT2D eigenvalue weighted by molar-refractivity contribution is -0.115. The Morgan fingerprint density at radius 2 is 1.84 bits per heavy atom. The molecule has 8 nitrogen and oxygen atoms in total. The molecule has 0 radical (unpaired) electrons. The predicted octanol–water partition coefficient (Wildman–Crippen LogP) is 4.38. The molecule has 32 heavy (non-hydrogen) atoms. The highest BCUT2D eigenvalue weighted by molar-refractivity contribution is 8.00. The second-order valence-electron chi connectivity index (χ2n) is 7.35. The number of carbonyl (C=O) groups is 1. The molecule has 1 N–H and O–H groups in total. The fourth-order valence-electron chi connectivity index (χ4n) is 2.67. The fraction of sp³-hybridized carbons (Fsp3) is 0.286. The molecule has 0 saturated carbocycles. The number of halogens is 1. The van der Waals surface area contributed by atoms with Gasteiger partial charge in [-0.3, -0.25) is 4.79 Å². The molecule has 1 amide bonds. The van der Waals surface area contributed by atoms with Crippen LogP contribution in [0.15, 0.2) is 50.9 Å². The standard InChI is InChI=1S/C21H23ClN4O4S2/c1-12-6-7-15(10-13(12)2)20-24-25-21(30-20)31-14(3)19(27)23-16-8-9-17(22)18(11-16)32(28,29)26(4)5/h6-11,14H,1-5H3,(H,23,27). The van der Waals surface area contributed by atoms with Gasteiger partial charge in [0.1, 0.15) is 4.90 Å². The maximum absolute atomic E-state index is 12.6. The maximum atomic E-state index is 12.6. The third kappa shape index (κ3) is 5.32. The predicted molar refractivity (Wildman–Crippen MR) is 125 cm³/mol. The molecule has 0 aliphatic rings. The third-order valence-electron chi connectivity index (χ3n) is 4.76. The Labute approximate surface area is 196 Å². The van der Waals surface area contributed by atoms with Crippen LogP contribution in [-0.2, 0) is 14.8 Å². The molecule has 0 aliphatic carbocycles. The average Bonchev–Trinajstić information content (AvgIpc) is 3.19. The Bertz CT molecular complexity index is 1260. The molecule has 0 fully saturated rings. The van der Waals surface area contributed by atoms with Gasteiger partial charge in [-0.25, -0.2) is 12.7 Å². The SMILES string of the molecule is Cc1ccc(-c2nnc(SC(C)C(=O)Nc3ccc(Cl)c(S(=O)(=O)N(C)C)c3)o2)cc1C. The highest BCUT2D eigenvalue weighted by atomic mass is 35.5. The Morgan fingerprint density at radius 3 is 2.50 bits per heavy atom. The number of aryl methyl sites for hydroxylation is 2. The Kier molecular flexibility index (Phi) is 7.29. The Morgan fingerprint density at radius 1 is 1.12 bits per heavy atom. The topological polar surface area (TPSA) is 105 Å². The molecule has 0 saturated heterocycles. The van der Waals surface area contributed by atoms with Gasteiger partial charge < -0.3 is 9.73 Å². The smallest absolute Gasteiger partial charge is 0.277 e. The number of rotatable bonds is 7. The summed E-state index contributed by atoms with van der Waals surface area (Å²) in [6.45, 7) is 5.71. The van der Waals surface area contributed by atoms with Gasteiger partial charge >= 0.3 is 0 Å². The summed E-state index contributed by atoms with van der Waals surface area (Å²) in [5, 5.41) is 10.5. The van der Waals surface area contributed by atoms with E-state index in [-0.39, 0.29) is 21.0 Å². The minimum Gasteiger partial charge on any atom is -0.411 e. The number of thioether (sulfide) groups is 1. The third-order valence-corrected chi connectivity index (χ3v) is 8.00. The van der Waals surface area contributed by atoms with Crippen molar-refractivity contribution in [3.05, 3.63) is 52.5 Å². The molecule has 1 unspecified atom stereocenters. The number of benzene rings is 2. The van der Waals surface area contributed by atoms with E-state index in [0.29, 0.717) is 11.6 Å². The molecule has 2 aromatic carbocycles. The number of amides is 1. The lowest BCUT2D eigenvalue weighted by Crippen LogP contribution is -2.24. The van der Waals surface area contributed by atoms with Crippen molar-refractivity contribution >= 4 is 45.0 Å². The zero-order valence-electron chi connectivity index (χ0n) is 18.2. The normalized spacial score (nSPS) is 12.7. The van der Waals surface area contributed by atoms with Gasteiger partial charge in [0.25, 0.3) is 5.22 Å². The first-order valence-corrected chi connectivity index (χ1v) is 12.3. The van der Waals surface area contributed by atoms with Crippen LogP contribution in [-0.4, -0.2) is 48.2 Å². The van der Waals surface area contributed by atoms with Crippen LogP contribution < -0.4 is 5.32 Å². The molecular formula is C21H23ClN4O4S2. The van der Waals surface area contributed by atoms with E-state index < -0.39 is 15.3 Å². The second kappa shape index (κ2) is 9.62. The molecule has 3 rings (SSSR count). The fourth-order valence-corrected chi connectivity index (χ4v) is 4.75. The van der Waals surface area contributed by atoms with Gasteiger partial charge in [-0.15, -0.1) is 10.2 Å². The molecule has 1 atom stereocenters. The number of nitrogens with zero attached hydrogens (tertiary/aromatic N) is 3. The number of carbonyl (C=O) groups excluding carboxylic acids is 1. The molecule has 0 aliphatic heterocycles. The first-order chi connectivity index (χ1) is 15.0. The minimum absolute atomic E-state index is 0.0730. The highest BCUT2D eigenvalue weighted by Gasteiger charge is 2.23. The van der Waals surface area contributed by atoms with Crippen LogP contribution >= 0.6 is 23.4 Å². The largest absolute Gasteiger partial charge is 0.411 e. The lowest BCUT2D eigenvalue weighted by atomic mass is 10.1. The van der Waals surface area contributed by atoms with E-state index in [2.05, 4.69) is 15.5 Å². The number of hydrogen-bond acceptors (Lipinski definition) is 7. The molecule has 1 heterocycles. The van der Waals surface area contributed by atoms with Crippen molar-refractivity contribution in [2.24, 2.45) is 0 Å². The number of anilines is 1. The monoisotopic (exact) mass is 494 g/mol. The zero-order valence-corrected chi connectivity index (χ0v) is 20.6. The molecule has 0 bridgehead atoms. The summed E-state index contributed by atoms with van der Waals surface area (Å²) in [6, 6.07) is 10.1. The van der Waals surface area contributed by atoms with Crippen LogP contribution in [0.1, 0.15) is 18.1 Å². The quantitative estimate of drug-likeness (QED) is 0.486. The van der Waals surface area contributed by atoms with Gasteiger partial charge in [0, 0.05) is 25.3 Å². The van der Waals surface area contributed by atoms with E-state index >= 15 is 0 Å². The Hall–Kier alpha value is -2.40. The van der Waals surface area contributed by atoms with E-state index in [9.17, 15) is 13.2 Å². The van der Waals surface area contributed by atoms with Crippen LogP contribution in [0, 0.1) is 13.8 Å². The van der Waals surface area contributed by atoms with Crippen molar-refractivity contribution in [2.75, 3.05) is 19.4 Å². The number of nitrogens with one attached hydrogen (secondary N) is 1. The first-order valence-electron chi connectivity index (χ1n) is 9.59. The van der Waals surface area contributed by atoms with Crippen molar-refractivity contribution in [2.45, 2.75) is 36.1 Å². The van der Waals surface area contributed by atoms with Gasteiger partial charge in [-0.05, 0) is 62.2 Å². The first kappa shape index (κ1) is 24.2. The van der Waals surface area contributed by atoms with Crippen LogP contribution in [0.3, 0.4) is 0 Å². The van der Waals surface area contributed by atoms with Crippen LogP contribution in [0.2, 0.25) is 5.02 Å². The van der Waals surface area contributed by atoms with E-state index in [1.165, 1.54) is 32.3 Å². The van der Waals surface area contributed by atoms with Crippen molar-refractivity contribution in [1.82, 2.24) is 14.5 Å². The molecule has 170 valence electrons. The summed E-state index contributed by atoms with van der Waals surface area (Å²) in [5.74, 6) is 0.0240. The molecule has 1 aromatic heterocycles. The van der Waals surface area contributed by atoms with Crippen molar-refractivity contribution in [3.63, 3.8) is 0 Å². The van der Waals surface area contributed by atoms with E-state index in [4.69, 9.17) is 16.0 Å². The lowest BCUT2D eigenvalue weighted by Gasteiger charge is -2.15. The molecule has 11 heteroatoms. The second-order valence-corrected chi connectivity index (χ2v) is 11.2. The summed E-state index contributed by atoms with van der Waals surface area (Å²) in [6.07, 6.45) is 0. The number of aromatic nitrogens is 2. The van der Waals surface area contributed by atoms with Gasteiger partial charge in [-0.2, -0.15) is 0 Å².